The lowest BCUT2D eigenvalue weighted by molar-refractivity contribution is 0.232. The summed E-state index contributed by atoms with van der Waals surface area (Å²) in [7, 11) is 5.88. The summed E-state index contributed by atoms with van der Waals surface area (Å²) in [6.07, 6.45) is 1.72. The molecule has 0 aliphatic heterocycles. The van der Waals surface area contributed by atoms with Gasteiger partial charge >= 0.3 is 6.03 Å². The zero-order valence-electron chi connectivity index (χ0n) is 12.5. The number of amides is 2. The maximum Gasteiger partial charge on any atom is 0.315 e. The summed E-state index contributed by atoms with van der Waals surface area (Å²) in [6.45, 7) is 1.04. The maximum atomic E-state index is 11.9. The molecule has 0 aromatic carbocycles. The van der Waals surface area contributed by atoms with Crippen molar-refractivity contribution < 1.29 is 4.79 Å². The second-order valence-electron chi connectivity index (χ2n) is 5.00. The van der Waals surface area contributed by atoms with Gasteiger partial charge in [-0.3, -0.25) is 4.68 Å². The predicted octanol–water partition coefficient (Wildman–Crippen LogP) is 1.58. The number of hydrogen-bond donors (Lipinski definition) is 2. The summed E-state index contributed by atoms with van der Waals surface area (Å²) >= 11 is 1.70. The number of aromatic nitrogens is 2. The van der Waals surface area contributed by atoms with Gasteiger partial charge in [-0.05, 0) is 31.6 Å². The van der Waals surface area contributed by atoms with Crippen molar-refractivity contribution in [2.45, 2.75) is 12.6 Å². The second-order valence-corrected chi connectivity index (χ2v) is 5.98. The van der Waals surface area contributed by atoms with Crippen molar-refractivity contribution in [1.82, 2.24) is 25.3 Å². The smallest absolute Gasteiger partial charge is 0.315 e. The van der Waals surface area contributed by atoms with Gasteiger partial charge in [0.15, 0.2) is 0 Å². The minimum absolute atomic E-state index is 0.167. The third-order valence-electron chi connectivity index (χ3n) is 3.30. The van der Waals surface area contributed by atoms with Crippen LogP contribution in [0.5, 0.6) is 0 Å². The van der Waals surface area contributed by atoms with Gasteiger partial charge in [-0.25, -0.2) is 4.79 Å². The Kier molecular flexibility index (Phi) is 5.35. The number of nitrogens with one attached hydrogen (secondary N) is 2. The number of aryl methyl sites for hydroxylation is 1. The van der Waals surface area contributed by atoms with Crippen LogP contribution in [0.4, 0.5) is 4.79 Å². The van der Waals surface area contributed by atoms with E-state index in [1.165, 1.54) is 4.88 Å². The number of thiophene rings is 1. The molecule has 7 heteroatoms. The molecule has 21 heavy (non-hydrogen) atoms. The van der Waals surface area contributed by atoms with Crippen LogP contribution in [0.25, 0.3) is 0 Å². The molecule has 0 aliphatic carbocycles. The molecule has 2 aromatic heterocycles. The van der Waals surface area contributed by atoms with Crippen LogP contribution < -0.4 is 10.6 Å². The highest BCUT2D eigenvalue weighted by atomic mass is 32.1. The highest BCUT2D eigenvalue weighted by Crippen LogP contribution is 2.22. The van der Waals surface area contributed by atoms with Crippen LogP contribution in [-0.2, 0) is 13.6 Å². The Labute approximate surface area is 128 Å². The van der Waals surface area contributed by atoms with Crippen LogP contribution in [0.2, 0.25) is 0 Å². The van der Waals surface area contributed by atoms with Gasteiger partial charge in [0, 0.05) is 24.7 Å². The Morgan fingerprint density at radius 1 is 1.43 bits per heavy atom. The summed E-state index contributed by atoms with van der Waals surface area (Å²) in [6, 6.07) is 6.02. The van der Waals surface area contributed by atoms with Gasteiger partial charge in [-0.1, -0.05) is 6.07 Å². The molecule has 114 valence electrons. The van der Waals surface area contributed by atoms with Crippen molar-refractivity contribution in [1.29, 1.82) is 0 Å². The Morgan fingerprint density at radius 3 is 2.81 bits per heavy atom. The molecule has 0 saturated heterocycles. The summed E-state index contributed by atoms with van der Waals surface area (Å²) in [5, 5.41) is 11.9. The first-order valence-electron chi connectivity index (χ1n) is 6.76. The zero-order valence-corrected chi connectivity index (χ0v) is 13.4. The molecule has 2 aromatic rings. The fourth-order valence-corrected chi connectivity index (χ4v) is 2.94. The molecule has 0 radical (unpaired) electrons. The normalized spacial score (nSPS) is 12.4. The lowest BCUT2D eigenvalue weighted by Crippen LogP contribution is -2.40. The highest BCUT2D eigenvalue weighted by Gasteiger charge is 2.16. The van der Waals surface area contributed by atoms with Crippen LogP contribution in [0.15, 0.2) is 29.8 Å². The molecule has 0 spiro atoms. The summed E-state index contributed by atoms with van der Waals surface area (Å²) in [4.78, 5) is 15.2. The van der Waals surface area contributed by atoms with E-state index in [0.717, 1.165) is 5.69 Å². The SMILES string of the molecule is CN(C)C(CNC(=O)NCc1ccnn1C)c1cccs1. The molecule has 0 fully saturated rings. The standard InChI is InChI=1S/C14H21N5OS/c1-18(2)12(13-5-4-8-21-13)10-16-14(20)15-9-11-6-7-17-19(11)3/h4-8,12H,9-10H2,1-3H3,(H2,15,16,20). The zero-order chi connectivity index (χ0) is 15.2. The van der Waals surface area contributed by atoms with E-state index in [2.05, 4.69) is 26.7 Å². The van der Waals surface area contributed by atoms with E-state index in [9.17, 15) is 4.79 Å². The third-order valence-corrected chi connectivity index (χ3v) is 4.28. The number of hydrogen-bond acceptors (Lipinski definition) is 4. The number of rotatable bonds is 6. The van der Waals surface area contributed by atoms with Crippen LogP contribution >= 0.6 is 11.3 Å². The second kappa shape index (κ2) is 7.24. The van der Waals surface area contributed by atoms with Crippen molar-refractivity contribution >= 4 is 17.4 Å². The van der Waals surface area contributed by atoms with E-state index in [1.54, 1.807) is 22.2 Å². The lowest BCUT2D eigenvalue weighted by atomic mass is 10.2. The highest BCUT2D eigenvalue weighted by molar-refractivity contribution is 7.10. The van der Waals surface area contributed by atoms with Gasteiger partial charge in [-0.2, -0.15) is 5.10 Å². The lowest BCUT2D eigenvalue weighted by Gasteiger charge is -2.23. The minimum Gasteiger partial charge on any atom is -0.336 e. The Bertz CT molecular complexity index is 564. The molecular formula is C14H21N5OS. The number of likely N-dealkylation sites (N-methyl/N-ethyl adjacent to an activating group) is 1. The number of carbonyl (C=O) groups is 1. The molecule has 2 rings (SSSR count). The van der Waals surface area contributed by atoms with Crippen LogP contribution in [0.3, 0.4) is 0 Å². The van der Waals surface area contributed by atoms with Crippen LogP contribution in [-0.4, -0.2) is 41.4 Å². The van der Waals surface area contributed by atoms with E-state index < -0.39 is 0 Å². The largest absolute Gasteiger partial charge is 0.336 e. The summed E-state index contributed by atoms with van der Waals surface area (Å²) in [5.41, 5.74) is 0.965. The van der Waals surface area contributed by atoms with E-state index in [0.29, 0.717) is 13.1 Å². The Morgan fingerprint density at radius 2 is 2.24 bits per heavy atom. The molecule has 0 aliphatic rings. The molecule has 6 nitrogen and oxygen atoms in total. The number of urea groups is 1. The fourth-order valence-electron chi connectivity index (χ4n) is 2.02. The van der Waals surface area contributed by atoms with E-state index >= 15 is 0 Å². The van der Waals surface area contributed by atoms with Gasteiger partial charge in [0.05, 0.1) is 18.3 Å². The minimum atomic E-state index is -0.167. The average molecular weight is 307 g/mol. The Balaban J connectivity index is 1.81. The quantitative estimate of drug-likeness (QED) is 0.852. The maximum absolute atomic E-state index is 11.9. The van der Waals surface area contributed by atoms with Crippen molar-refractivity contribution in [2.24, 2.45) is 7.05 Å². The van der Waals surface area contributed by atoms with Crippen molar-refractivity contribution in [3.63, 3.8) is 0 Å². The Hall–Kier alpha value is -1.86. The monoisotopic (exact) mass is 307 g/mol. The van der Waals surface area contributed by atoms with Gasteiger partial charge in [0.25, 0.3) is 0 Å². The van der Waals surface area contributed by atoms with Gasteiger partial charge in [0.2, 0.25) is 0 Å². The predicted molar refractivity (Wildman–Crippen MR) is 84.2 cm³/mol. The molecule has 2 heterocycles. The van der Waals surface area contributed by atoms with Crippen molar-refractivity contribution in [3.8, 4) is 0 Å². The van der Waals surface area contributed by atoms with Crippen molar-refractivity contribution in [3.05, 3.63) is 40.3 Å². The molecule has 0 saturated carbocycles. The van der Waals surface area contributed by atoms with Crippen molar-refractivity contribution in [2.75, 3.05) is 20.6 Å². The van der Waals surface area contributed by atoms with Gasteiger partial charge in [-0.15, -0.1) is 11.3 Å². The van der Waals surface area contributed by atoms with Crippen LogP contribution in [0.1, 0.15) is 16.6 Å². The first-order valence-corrected chi connectivity index (χ1v) is 7.64. The molecule has 2 amide bonds. The first kappa shape index (κ1) is 15.5. The number of carbonyl (C=O) groups excluding carboxylic acids is 1. The van der Waals surface area contributed by atoms with Gasteiger partial charge in [0.1, 0.15) is 0 Å². The first-order chi connectivity index (χ1) is 10.1. The van der Waals surface area contributed by atoms with Crippen LogP contribution in [0, 0.1) is 0 Å². The van der Waals surface area contributed by atoms with E-state index in [4.69, 9.17) is 0 Å². The molecule has 1 atom stereocenters. The van der Waals surface area contributed by atoms with E-state index in [1.807, 2.05) is 38.7 Å². The number of nitrogens with zero attached hydrogens (tertiary/aromatic N) is 3. The topological polar surface area (TPSA) is 62.2 Å². The average Bonchev–Trinajstić information content (AvgIpc) is 3.08. The molecule has 0 bridgehead atoms. The van der Waals surface area contributed by atoms with E-state index in [-0.39, 0.29) is 12.1 Å². The fraction of sp³-hybridized carbons (Fsp3) is 0.429. The molecule has 1 unspecified atom stereocenters. The molecular weight excluding hydrogens is 286 g/mol. The van der Waals surface area contributed by atoms with Gasteiger partial charge < -0.3 is 15.5 Å². The summed E-state index contributed by atoms with van der Waals surface area (Å²) in [5.74, 6) is 0. The third kappa shape index (κ3) is 4.30. The molecule has 2 N–H and O–H groups in total. The summed E-state index contributed by atoms with van der Waals surface area (Å²) < 4.78 is 1.74.